The highest BCUT2D eigenvalue weighted by molar-refractivity contribution is 5.97. The molecule has 1 heterocycles. The summed E-state index contributed by atoms with van der Waals surface area (Å²) in [4.78, 5) is 15.4. The molecular weight excluding hydrogens is 264 g/mol. The highest BCUT2D eigenvalue weighted by Gasteiger charge is 2.23. The van der Waals surface area contributed by atoms with Crippen LogP contribution in [0.5, 0.6) is 0 Å². The number of anilines is 1. The summed E-state index contributed by atoms with van der Waals surface area (Å²) in [5.74, 6) is 0.424. The summed E-state index contributed by atoms with van der Waals surface area (Å²) < 4.78 is 0. The predicted octanol–water partition coefficient (Wildman–Crippen LogP) is 3.78. The summed E-state index contributed by atoms with van der Waals surface area (Å²) in [7, 11) is 0. The number of hydrogen-bond donors (Lipinski definition) is 2. The van der Waals surface area contributed by atoms with Crippen LogP contribution in [0.25, 0.3) is 10.9 Å². The SMILES string of the molecule is CC1CCCC1CNc1cc(C(=O)O)nc2ccccc12. The summed E-state index contributed by atoms with van der Waals surface area (Å²) in [6, 6.07) is 9.31. The van der Waals surface area contributed by atoms with Crippen molar-refractivity contribution in [2.45, 2.75) is 26.2 Å². The standard InChI is InChI=1S/C17H20N2O2/c1-11-5-4-6-12(11)10-18-15-9-16(17(20)21)19-14-8-3-2-7-13(14)15/h2-3,7-9,11-12H,4-6,10H2,1H3,(H,18,19)(H,20,21). The van der Waals surface area contributed by atoms with Crippen molar-refractivity contribution in [3.05, 3.63) is 36.0 Å². The van der Waals surface area contributed by atoms with Crippen molar-refractivity contribution in [1.82, 2.24) is 4.98 Å². The second-order valence-corrected chi connectivity index (χ2v) is 5.93. The molecule has 1 aliphatic carbocycles. The third-order valence-corrected chi connectivity index (χ3v) is 4.53. The van der Waals surface area contributed by atoms with Gasteiger partial charge >= 0.3 is 5.97 Å². The Morgan fingerprint density at radius 3 is 2.90 bits per heavy atom. The Kier molecular flexibility index (Phi) is 3.78. The van der Waals surface area contributed by atoms with E-state index in [1.165, 1.54) is 19.3 Å². The third kappa shape index (κ3) is 2.84. The minimum atomic E-state index is -0.988. The van der Waals surface area contributed by atoms with Crippen LogP contribution in [0.4, 0.5) is 5.69 Å². The first kappa shape index (κ1) is 13.9. The maximum Gasteiger partial charge on any atom is 0.354 e. The summed E-state index contributed by atoms with van der Waals surface area (Å²) in [5.41, 5.74) is 1.69. The molecule has 1 aliphatic rings. The van der Waals surface area contributed by atoms with E-state index in [9.17, 15) is 9.90 Å². The van der Waals surface area contributed by atoms with Crippen LogP contribution in [0.1, 0.15) is 36.7 Å². The maximum atomic E-state index is 11.2. The number of para-hydroxylation sites is 1. The van der Waals surface area contributed by atoms with Gasteiger partial charge < -0.3 is 10.4 Å². The Hall–Kier alpha value is -2.10. The average Bonchev–Trinajstić information content (AvgIpc) is 2.89. The van der Waals surface area contributed by atoms with Crippen LogP contribution in [0.2, 0.25) is 0 Å². The van der Waals surface area contributed by atoms with Gasteiger partial charge in [0.1, 0.15) is 0 Å². The lowest BCUT2D eigenvalue weighted by atomic mass is 9.98. The summed E-state index contributed by atoms with van der Waals surface area (Å²) in [6.45, 7) is 3.20. The summed E-state index contributed by atoms with van der Waals surface area (Å²) >= 11 is 0. The van der Waals surface area contributed by atoms with Crippen LogP contribution in [-0.4, -0.2) is 22.6 Å². The number of aromatic carboxylic acids is 1. The molecule has 0 saturated heterocycles. The quantitative estimate of drug-likeness (QED) is 0.897. The van der Waals surface area contributed by atoms with Crippen molar-refractivity contribution in [2.24, 2.45) is 11.8 Å². The van der Waals surface area contributed by atoms with E-state index in [1.54, 1.807) is 6.07 Å². The first-order valence-electron chi connectivity index (χ1n) is 7.52. The number of pyridine rings is 1. The molecule has 2 aromatic rings. The fraction of sp³-hybridized carbons (Fsp3) is 0.412. The number of rotatable bonds is 4. The fourth-order valence-corrected chi connectivity index (χ4v) is 3.20. The number of hydrogen-bond acceptors (Lipinski definition) is 3. The zero-order valence-electron chi connectivity index (χ0n) is 12.2. The summed E-state index contributed by atoms with van der Waals surface area (Å²) in [5, 5.41) is 13.6. The Balaban J connectivity index is 1.90. The lowest BCUT2D eigenvalue weighted by Crippen LogP contribution is -2.17. The van der Waals surface area contributed by atoms with Crippen molar-refractivity contribution in [3.8, 4) is 0 Å². The van der Waals surface area contributed by atoms with Crippen LogP contribution in [0.15, 0.2) is 30.3 Å². The van der Waals surface area contributed by atoms with E-state index in [4.69, 9.17) is 0 Å². The van der Waals surface area contributed by atoms with Gasteiger partial charge in [0.05, 0.1) is 5.52 Å². The number of nitrogens with zero attached hydrogens (tertiary/aromatic N) is 1. The number of carboxylic acid groups (broad SMARTS) is 1. The van der Waals surface area contributed by atoms with Gasteiger partial charge in [-0.05, 0) is 30.4 Å². The van der Waals surface area contributed by atoms with E-state index < -0.39 is 5.97 Å². The molecule has 1 aromatic carbocycles. The molecule has 21 heavy (non-hydrogen) atoms. The molecule has 4 nitrogen and oxygen atoms in total. The normalized spacial score (nSPS) is 21.6. The molecule has 0 amide bonds. The van der Waals surface area contributed by atoms with Crippen LogP contribution in [-0.2, 0) is 0 Å². The van der Waals surface area contributed by atoms with Crippen LogP contribution < -0.4 is 5.32 Å². The largest absolute Gasteiger partial charge is 0.477 e. The lowest BCUT2D eigenvalue weighted by molar-refractivity contribution is 0.0691. The van der Waals surface area contributed by atoms with E-state index in [2.05, 4.69) is 17.2 Å². The molecule has 0 bridgehead atoms. The Bertz CT molecular complexity index is 669. The van der Waals surface area contributed by atoms with E-state index in [-0.39, 0.29) is 5.69 Å². The molecule has 110 valence electrons. The number of fused-ring (bicyclic) bond motifs is 1. The first-order chi connectivity index (χ1) is 10.1. The topological polar surface area (TPSA) is 62.2 Å². The molecular formula is C17H20N2O2. The zero-order valence-corrected chi connectivity index (χ0v) is 12.2. The van der Waals surface area contributed by atoms with Crippen LogP contribution in [0.3, 0.4) is 0 Å². The van der Waals surface area contributed by atoms with Gasteiger partial charge in [-0.2, -0.15) is 0 Å². The van der Waals surface area contributed by atoms with Crippen molar-refractivity contribution in [2.75, 3.05) is 11.9 Å². The zero-order chi connectivity index (χ0) is 14.8. The average molecular weight is 284 g/mol. The molecule has 3 rings (SSSR count). The molecule has 1 saturated carbocycles. The maximum absolute atomic E-state index is 11.2. The van der Waals surface area contributed by atoms with Gasteiger partial charge in [-0.1, -0.05) is 38.0 Å². The van der Waals surface area contributed by atoms with Gasteiger partial charge in [0.25, 0.3) is 0 Å². The Morgan fingerprint density at radius 1 is 1.38 bits per heavy atom. The first-order valence-corrected chi connectivity index (χ1v) is 7.52. The van der Waals surface area contributed by atoms with Crippen LogP contribution >= 0.6 is 0 Å². The van der Waals surface area contributed by atoms with Gasteiger partial charge in [-0.15, -0.1) is 0 Å². The van der Waals surface area contributed by atoms with E-state index in [1.807, 2.05) is 24.3 Å². The molecule has 0 radical (unpaired) electrons. The minimum Gasteiger partial charge on any atom is -0.477 e. The number of benzene rings is 1. The van der Waals surface area contributed by atoms with Crippen LogP contribution in [0, 0.1) is 11.8 Å². The van der Waals surface area contributed by atoms with Crippen molar-refractivity contribution in [3.63, 3.8) is 0 Å². The lowest BCUT2D eigenvalue weighted by Gasteiger charge is -2.18. The summed E-state index contributed by atoms with van der Waals surface area (Å²) in [6.07, 6.45) is 3.85. The second-order valence-electron chi connectivity index (χ2n) is 5.93. The molecule has 4 heteroatoms. The number of nitrogens with one attached hydrogen (secondary N) is 1. The number of aromatic nitrogens is 1. The van der Waals surface area contributed by atoms with Crippen molar-refractivity contribution in [1.29, 1.82) is 0 Å². The fourth-order valence-electron chi connectivity index (χ4n) is 3.20. The van der Waals surface area contributed by atoms with E-state index in [0.29, 0.717) is 5.92 Å². The second kappa shape index (κ2) is 5.72. The Labute approximate surface area is 124 Å². The third-order valence-electron chi connectivity index (χ3n) is 4.53. The molecule has 0 spiro atoms. The minimum absolute atomic E-state index is 0.0932. The number of carbonyl (C=O) groups is 1. The van der Waals surface area contributed by atoms with E-state index >= 15 is 0 Å². The molecule has 1 fully saturated rings. The van der Waals surface area contributed by atoms with Gasteiger partial charge in [0, 0.05) is 17.6 Å². The molecule has 2 N–H and O–H groups in total. The highest BCUT2D eigenvalue weighted by atomic mass is 16.4. The van der Waals surface area contributed by atoms with Crippen molar-refractivity contribution < 1.29 is 9.90 Å². The van der Waals surface area contributed by atoms with Gasteiger partial charge in [0.2, 0.25) is 0 Å². The monoisotopic (exact) mass is 284 g/mol. The van der Waals surface area contributed by atoms with Crippen molar-refractivity contribution >= 4 is 22.6 Å². The molecule has 2 atom stereocenters. The molecule has 0 aliphatic heterocycles. The highest BCUT2D eigenvalue weighted by Crippen LogP contribution is 2.32. The number of carboxylic acids is 1. The molecule has 1 aromatic heterocycles. The molecule has 2 unspecified atom stereocenters. The Morgan fingerprint density at radius 2 is 2.19 bits per heavy atom. The van der Waals surface area contributed by atoms with Gasteiger partial charge in [-0.3, -0.25) is 0 Å². The van der Waals surface area contributed by atoms with Gasteiger partial charge in [-0.25, -0.2) is 9.78 Å². The predicted molar refractivity (Wildman–Crippen MR) is 83.7 cm³/mol. The smallest absolute Gasteiger partial charge is 0.354 e. The van der Waals surface area contributed by atoms with E-state index in [0.717, 1.165) is 29.1 Å². The van der Waals surface area contributed by atoms with Gasteiger partial charge in [0.15, 0.2) is 5.69 Å².